The van der Waals surface area contributed by atoms with E-state index in [9.17, 15) is 12.8 Å². The summed E-state index contributed by atoms with van der Waals surface area (Å²) in [6, 6.07) is 20.2. The third-order valence-corrected chi connectivity index (χ3v) is 5.49. The van der Waals surface area contributed by atoms with Gasteiger partial charge in [-0.3, -0.25) is 4.72 Å². The van der Waals surface area contributed by atoms with Crippen molar-refractivity contribution in [2.24, 2.45) is 0 Å². The third kappa shape index (κ3) is 3.07. The molecule has 0 saturated heterocycles. The SMILES string of the molecule is O=S(=O)(Nc1cc(-n2cccc2)ccc1F)c1ccc2ccccc2c1. The van der Waals surface area contributed by atoms with Crippen LogP contribution in [0.5, 0.6) is 0 Å². The number of hydrogen-bond donors (Lipinski definition) is 1. The molecule has 0 fully saturated rings. The van der Waals surface area contributed by atoms with Gasteiger partial charge in [0.15, 0.2) is 0 Å². The number of benzene rings is 3. The number of halogens is 1. The van der Waals surface area contributed by atoms with E-state index in [1.807, 2.05) is 36.4 Å². The van der Waals surface area contributed by atoms with Gasteiger partial charge in [-0.25, -0.2) is 12.8 Å². The first kappa shape index (κ1) is 16.4. The summed E-state index contributed by atoms with van der Waals surface area (Å²) in [7, 11) is -3.91. The summed E-state index contributed by atoms with van der Waals surface area (Å²) in [5.74, 6) is -0.634. The largest absolute Gasteiger partial charge is 0.324 e. The quantitative estimate of drug-likeness (QED) is 0.575. The summed E-state index contributed by atoms with van der Waals surface area (Å²) in [6.45, 7) is 0. The van der Waals surface area contributed by atoms with Crippen molar-refractivity contribution < 1.29 is 12.8 Å². The lowest BCUT2D eigenvalue weighted by atomic mass is 10.1. The van der Waals surface area contributed by atoms with Gasteiger partial charge in [0.2, 0.25) is 0 Å². The maximum Gasteiger partial charge on any atom is 0.262 e. The highest BCUT2D eigenvalue weighted by molar-refractivity contribution is 7.92. The van der Waals surface area contributed by atoms with Crippen molar-refractivity contribution >= 4 is 26.5 Å². The molecule has 0 radical (unpaired) electrons. The normalized spacial score (nSPS) is 11.6. The number of hydrogen-bond acceptors (Lipinski definition) is 2. The molecule has 1 N–H and O–H groups in total. The molecule has 1 heterocycles. The van der Waals surface area contributed by atoms with Gasteiger partial charge in [0.05, 0.1) is 10.6 Å². The highest BCUT2D eigenvalue weighted by atomic mass is 32.2. The van der Waals surface area contributed by atoms with Crippen LogP contribution in [0.25, 0.3) is 16.5 Å². The lowest BCUT2D eigenvalue weighted by molar-refractivity contribution is 0.598. The fourth-order valence-corrected chi connectivity index (χ4v) is 3.89. The minimum absolute atomic E-state index is 0.0852. The zero-order chi connectivity index (χ0) is 18.1. The van der Waals surface area contributed by atoms with Crippen molar-refractivity contribution in [2.45, 2.75) is 4.90 Å². The summed E-state index contributed by atoms with van der Waals surface area (Å²) in [4.78, 5) is 0.0852. The van der Waals surface area contributed by atoms with Crippen molar-refractivity contribution in [3.63, 3.8) is 0 Å². The summed E-state index contributed by atoms with van der Waals surface area (Å²) in [5, 5.41) is 1.74. The van der Waals surface area contributed by atoms with Crippen LogP contribution in [-0.4, -0.2) is 13.0 Å². The Morgan fingerprint density at radius 2 is 1.54 bits per heavy atom. The molecule has 0 bridgehead atoms. The predicted octanol–water partition coefficient (Wildman–Crippen LogP) is 4.57. The molecule has 0 unspecified atom stereocenters. The number of sulfonamides is 1. The number of anilines is 1. The Morgan fingerprint density at radius 1 is 0.808 bits per heavy atom. The Labute approximate surface area is 150 Å². The number of rotatable bonds is 4. The van der Waals surface area contributed by atoms with E-state index in [2.05, 4.69) is 4.72 Å². The maximum atomic E-state index is 14.2. The van der Waals surface area contributed by atoms with Gasteiger partial charge in [-0.15, -0.1) is 0 Å². The van der Waals surface area contributed by atoms with E-state index < -0.39 is 15.8 Å². The van der Waals surface area contributed by atoms with Crippen LogP contribution in [0.1, 0.15) is 0 Å². The Morgan fingerprint density at radius 3 is 2.31 bits per heavy atom. The van der Waals surface area contributed by atoms with Gasteiger partial charge in [-0.05, 0) is 53.2 Å². The van der Waals surface area contributed by atoms with Crippen LogP contribution in [0.2, 0.25) is 0 Å². The van der Waals surface area contributed by atoms with Gasteiger partial charge < -0.3 is 4.57 Å². The van der Waals surface area contributed by atoms with E-state index >= 15 is 0 Å². The maximum absolute atomic E-state index is 14.2. The molecule has 3 aromatic carbocycles. The van der Waals surface area contributed by atoms with Gasteiger partial charge in [0.1, 0.15) is 5.82 Å². The fourth-order valence-electron chi connectivity index (χ4n) is 2.80. The molecule has 4 nitrogen and oxygen atoms in total. The van der Waals surface area contributed by atoms with Crippen LogP contribution in [-0.2, 0) is 10.0 Å². The second-order valence-corrected chi connectivity index (χ2v) is 7.55. The zero-order valence-corrected chi connectivity index (χ0v) is 14.4. The molecular formula is C20H15FN2O2S. The van der Waals surface area contributed by atoms with Gasteiger partial charge in [-0.2, -0.15) is 0 Å². The summed E-state index contributed by atoms with van der Waals surface area (Å²) < 4.78 is 43.7. The molecule has 0 amide bonds. The van der Waals surface area contributed by atoms with E-state index in [-0.39, 0.29) is 10.6 Å². The van der Waals surface area contributed by atoms with Crippen LogP contribution < -0.4 is 4.72 Å². The first-order valence-corrected chi connectivity index (χ1v) is 9.46. The molecule has 1 aromatic heterocycles. The van der Waals surface area contributed by atoms with Gasteiger partial charge in [0, 0.05) is 18.1 Å². The van der Waals surface area contributed by atoms with E-state index in [1.54, 1.807) is 35.2 Å². The van der Waals surface area contributed by atoms with E-state index in [0.29, 0.717) is 5.69 Å². The van der Waals surface area contributed by atoms with Crippen molar-refractivity contribution in [3.05, 3.63) is 91.0 Å². The van der Waals surface area contributed by atoms with Crippen LogP contribution in [0, 0.1) is 5.82 Å². The third-order valence-electron chi connectivity index (χ3n) is 4.13. The molecule has 4 aromatic rings. The number of nitrogens with zero attached hydrogens (tertiary/aromatic N) is 1. The van der Waals surface area contributed by atoms with Gasteiger partial charge >= 0.3 is 0 Å². The Balaban J connectivity index is 1.72. The molecule has 26 heavy (non-hydrogen) atoms. The average Bonchev–Trinajstić information content (AvgIpc) is 3.18. The molecule has 0 aliphatic rings. The first-order chi connectivity index (χ1) is 12.5. The Bertz CT molecular complexity index is 1190. The van der Waals surface area contributed by atoms with Crippen LogP contribution in [0.3, 0.4) is 0 Å². The molecule has 4 rings (SSSR count). The molecular weight excluding hydrogens is 351 g/mol. The molecule has 130 valence electrons. The van der Waals surface area contributed by atoms with E-state index in [0.717, 1.165) is 10.8 Å². The summed E-state index contributed by atoms with van der Waals surface area (Å²) in [6.07, 6.45) is 3.60. The van der Waals surface area contributed by atoms with Gasteiger partial charge in [-0.1, -0.05) is 30.3 Å². The van der Waals surface area contributed by atoms with E-state index in [1.165, 1.54) is 18.2 Å². The molecule has 0 aliphatic heterocycles. The van der Waals surface area contributed by atoms with Gasteiger partial charge in [0.25, 0.3) is 10.0 Å². The molecule has 0 atom stereocenters. The number of fused-ring (bicyclic) bond motifs is 1. The second kappa shape index (κ2) is 6.31. The Hall–Kier alpha value is -3.12. The summed E-state index contributed by atoms with van der Waals surface area (Å²) >= 11 is 0. The fraction of sp³-hybridized carbons (Fsp3) is 0. The zero-order valence-electron chi connectivity index (χ0n) is 13.6. The number of nitrogens with one attached hydrogen (secondary N) is 1. The standard InChI is InChI=1S/C20H15FN2O2S/c21-19-10-8-17(23-11-3-4-12-23)14-20(19)22-26(24,25)18-9-7-15-5-1-2-6-16(15)13-18/h1-14,22H. The lowest BCUT2D eigenvalue weighted by Gasteiger charge is -2.12. The van der Waals surface area contributed by atoms with Crippen LogP contribution in [0.15, 0.2) is 90.1 Å². The van der Waals surface area contributed by atoms with Crippen molar-refractivity contribution in [3.8, 4) is 5.69 Å². The molecule has 0 spiro atoms. The van der Waals surface area contributed by atoms with Crippen molar-refractivity contribution in [1.82, 2.24) is 4.57 Å². The minimum Gasteiger partial charge on any atom is -0.324 e. The molecule has 0 saturated carbocycles. The highest BCUT2D eigenvalue weighted by Gasteiger charge is 2.17. The van der Waals surface area contributed by atoms with Crippen LogP contribution >= 0.6 is 0 Å². The molecule has 0 aliphatic carbocycles. The monoisotopic (exact) mass is 366 g/mol. The lowest BCUT2D eigenvalue weighted by Crippen LogP contribution is -2.14. The minimum atomic E-state index is -3.91. The predicted molar refractivity (Wildman–Crippen MR) is 100 cm³/mol. The molecule has 6 heteroatoms. The average molecular weight is 366 g/mol. The van der Waals surface area contributed by atoms with Crippen molar-refractivity contribution in [1.29, 1.82) is 0 Å². The Kier molecular flexibility index (Phi) is 3.97. The number of aromatic nitrogens is 1. The smallest absolute Gasteiger partial charge is 0.262 e. The topological polar surface area (TPSA) is 51.1 Å². The first-order valence-electron chi connectivity index (χ1n) is 7.97. The van der Waals surface area contributed by atoms with Crippen molar-refractivity contribution in [2.75, 3.05) is 4.72 Å². The highest BCUT2D eigenvalue weighted by Crippen LogP contribution is 2.24. The van der Waals surface area contributed by atoms with Crippen LogP contribution in [0.4, 0.5) is 10.1 Å². The van der Waals surface area contributed by atoms with E-state index in [4.69, 9.17) is 0 Å². The second-order valence-electron chi connectivity index (χ2n) is 5.87. The summed E-state index contributed by atoms with van der Waals surface area (Å²) in [5.41, 5.74) is 0.567.